The van der Waals surface area contributed by atoms with Gasteiger partial charge in [0, 0.05) is 11.9 Å². The summed E-state index contributed by atoms with van der Waals surface area (Å²) in [6.07, 6.45) is 5.12. The molecule has 0 saturated heterocycles. The topological polar surface area (TPSA) is 68.0 Å². The monoisotopic (exact) mass is 253 g/mol. The minimum absolute atomic E-state index is 0.101. The van der Waals surface area contributed by atoms with Crippen molar-refractivity contribution in [3.63, 3.8) is 0 Å². The Labute approximate surface area is 106 Å². The van der Waals surface area contributed by atoms with Gasteiger partial charge in [-0.3, -0.25) is 4.79 Å². The molecule has 0 spiro atoms. The average Bonchev–Trinajstić information content (AvgIpc) is 2.74. The molecule has 1 fully saturated rings. The third-order valence-corrected chi connectivity index (χ3v) is 4.24. The van der Waals surface area contributed by atoms with E-state index in [1.807, 2.05) is 0 Å². The summed E-state index contributed by atoms with van der Waals surface area (Å²) in [7, 11) is 0. The number of carbonyl (C=O) groups excluding carboxylic acids is 1. The molecule has 1 aliphatic carbocycles. The van der Waals surface area contributed by atoms with E-state index in [1.165, 1.54) is 37.0 Å². The van der Waals surface area contributed by atoms with Gasteiger partial charge in [0.15, 0.2) is 5.13 Å². The Balaban J connectivity index is 1.83. The van der Waals surface area contributed by atoms with Gasteiger partial charge < -0.3 is 11.1 Å². The van der Waals surface area contributed by atoms with E-state index < -0.39 is 0 Å². The summed E-state index contributed by atoms with van der Waals surface area (Å²) in [5.41, 5.74) is 5.95. The molecule has 94 valence electrons. The third kappa shape index (κ3) is 3.19. The highest BCUT2D eigenvalue weighted by molar-refractivity contribution is 7.13. The standard InChI is InChI=1S/C12H19N3OS/c1-8-4-2-3-5-9(8)6-14-11(16)10-7-17-12(13)15-10/h7-9H,2-6H2,1H3,(H2,13,15)(H,14,16). The molecule has 5 heteroatoms. The van der Waals surface area contributed by atoms with Gasteiger partial charge in [-0.15, -0.1) is 11.3 Å². The molecule has 4 nitrogen and oxygen atoms in total. The van der Waals surface area contributed by atoms with Crippen LogP contribution in [0.25, 0.3) is 0 Å². The number of nitrogens with two attached hydrogens (primary N) is 1. The number of aromatic nitrogens is 1. The highest BCUT2D eigenvalue weighted by Gasteiger charge is 2.22. The van der Waals surface area contributed by atoms with Gasteiger partial charge in [0.2, 0.25) is 0 Å². The second-order valence-electron chi connectivity index (χ2n) is 4.80. The molecule has 2 unspecified atom stereocenters. The Morgan fingerprint density at radius 3 is 3.00 bits per heavy atom. The van der Waals surface area contributed by atoms with Gasteiger partial charge in [0.05, 0.1) is 0 Å². The van der Waals surface area contributed by atoms with E-state index >= 15 is 0 Å². The minimum atomic E-state index is -0.101. The second kappa shape index (κ2) is 5.49. The molecule has 0 bridgehead atoms. The van der Waals surface area contributed by atoms with Crippen molar-refractivity contribution in [2.45, 2.75) is 32.6 Å². The summed E-state index contributed by atoms with van der Waals surface area (Å²) in [6, 6.07) is 0. The number of carbonyl (C=O) groups is 1. The average molecular weight is 253 g/mol. The van der Waals surface area contributed by atoms with Crippen molar-refractivity contribution >= 4 is 22.4 Å². The van der Waals surface area contributed by atoms with Crippen molar-refractivity contribution in [1.29, 1.82) is 0 Å². The van der Waals surface area contributed by atoms with Crippen LogP contribution in [0.15, 0.2) is 5.38 Å². The van der Waals surface area contributed by atoms with Crippen molar-refractivity contribution in [1.82, 2.24) is 10.3 Å². The summed E-state index contributed by atoms with van der Waals surface area (Å²) in [5.74, 6) is 1.23. The lowest BCUT2D eigenvalue weighted by atomic mass is 9.80. The molecule has 1 aromatic rings. The zero-order valence-corrected chi connectivity index (χ0v) is 10.9. The maximum absolute atomic E-state index is 11.8. The first kappa shape index (κ1) is 12.4. The van der Waals surface area contributed by atoms with Crippen molar-refractivity contribution in [2.24, 2.45) is 11.8 Å². The van der Waals surface area contributed by atoms with Gasteiger partial charge in [-0.05, 0) is 18.3 Å². The molecule has 3 N–H and O–H groups in total. The van der Waals surface area contributed by atoms with Crippen LogP contribution in [0.4, 0.5) is 5.13 Å². The van der Waals surface area contributed by atoms with Crippen LogP contribution in [0.3, 0.4) is 0 Å². The second-order valence-corrected chi connectivity index (χ2v) is 5.69. The zero-order chi connectivity index (χ0) is 12.3. The Bertz CT molecular complexity index is 391. The molecular weight excluding hydrogens is 234 g/mol. The molecular formula is C12H19N3OS. The molecule has 2 rings (SSSR count). The Hall–Kier alpha value is -1.10. The number of hydrogen-bond donors (Lipinski definition) is 2. The van der Waals surface area contributed by atoms with Gasteiger partial charge in [0.25, 0.3) is 5.91 Å². The first-order chi connectivity index (χ1) is 8.16. The van der Waals surface area contributed by atoms with Gasteiger partial charge in [-0.1, -0.05) is 26.2 Å². The zero-order valence-electron chi connectivity index (χ0n) is 10.1. The van der Waals surface area contributed by atoms with Crippen LogP contribution in [0.2, 0.25) is 0 Å². The summed E-state index contributed by atoms with van der Waals surface area (Å²) in [4.78, 5) is 15.8. The number of nitrogens with zero attached hydrogens (tertiary/aromatic N) is 1. The molecule has 1 heterocycles. The number of nitrogens with one attached hydrogen (secondary N) is 1. The van der Waals surface area contributed by atoms with Crippen LogP contribution in [-0.2, 0) is 0 Å². The van der Waals surface area contributed by atoms with Crippen LogP contribution in [-0.4, -0.2) is 17.4 Å². The molecule has 2 atom stereocenters. The Kier molecular flexibility index (Phi) is 3.99. The van der Waals surface area contributed by atoms with Gasteiger partial charge in [-0.25, -0.2) is 4.98 Å². The van der Waals surface area contributed by atoms with Crippen LogP contribution < -0.4 is 11.1 Å². The fourth-order valence-electron chi connectivity index (χ4n) is 2.40. The minimum Gasteiger partial charge on any atom is -0.375 e. The Morgan fingerprint density at radius 1 is 1.59 bits per heavy atom. The highest BCUT2D eigenvalue weighted by atomic mass is 32.1. The third-order valence-electron chi connectivity index (χ3n) is 3.57. The largest absolute Gasteiger partial charge is 0.375 e. The SMILES string of the molecule is CC1CCCCC1CNC(=O)c1csc(N)n1. The smallest absolute Gasteiger partial charge is 0.270 e. The first-order valence-electron chi connectivity index (χ1n) is 6.16. The predicted molar refractivity (Wildman–Crippen MR) is 70.0 cm³/mol. The van der Waals surface area contributed by atoms with Crippen LogP contribution in [0.1, 0.15) is 43.1 Å². The maximum Gasteiger partial charge on any atom is 0.270 e. The molecule has 17 heavy (non-hydrogen) atoms. The lowest BCUT2D eigenvalue weighted by Crippen LogP contribution is -2.33. The van der Waals surface area contributed by atoms with E-state index in [9.17, 15) is 4.79 Å². The summed E-state index contributed by atoms with van der Waals surface area (Å²) in [6.45, 7) is 3.04. The quantitative estimate of drug-likeness (QED) is 0.868. The predicted octanol–water partition coefficient (Wildman–Crippen LogP) is 2.28. The fourth-order valence-corrected chi connectivity index (χ4v) is 2.95. The summed E-state index contributed by atoms with van der Waals surface area (Å²) < 4.78 is 0. The fraction of sp³-hybridized carbons (Fsp3) is 0.667. The van der Waals surface area contributed by atoms with Gasteiger partial charge >= 0.3 is 0 Å². The number of nitrogen functional groups attached to an aromatic ring is 1. The number of hydrogen-bond acceptors (Lipinski definition) is 4. The molecule has 1 aliphatic rings. The molecule has 0 aromatic carbocycles. The molecule has 1 aromatic heterocycles. The van der Waals surface area contributed by atoms with E-state index in [2.05, 4.69) is 17.2 Å². The molecule has 0 aliphatic heterocycles. The van der Waals surface area contributed by atoms with Crippen LogP contribution in [0.5, 0.6) is 0 Å². The van der Waals surface area contributed by atoms with Crippen molar-refractivity contribution < 1.29 is 4.79 Å². The van der Waals surface area contributed by atoms with Crippen LogP contribution >= 0.6 is 11.3 Å². The van der Waals surface area contributed by atoms with Crippen LogP contribution in [0, 0.1) is 11.8 Å². The van der Waals surface area contributed by atoms with Crippen molar-refractivity contribution in [3.05, 3.63) is 11.1 Å². The normalized spacial score (nSPS) is 24.5. The van der Waals surface area contributed by atoms with E-state index in [0.717, 1.165) is 6.54 Å². The van der Waals surface area contributed by atoms with Gasteiger partial charge in [-0.2, -0.15) is 0 Å². The van der Waals surface area contributed by atoms with Gasteiger partial charge in [0.1, 0.15) is 5.69 Å². The van der Waals surface area contributed by atoms with Crippen molar-refractivity contribution in [3.8, 4) is 0 Å². The molecule has 1 amide bonds. The summed E-state index contributed by atoms with van der Waals surface area (Å²) in [5, 5.41) is 5.11. The van der Waals surface area contributed by atoms with E-state index in [4.69, 9.17) is 5.73 Å². The molecule has 0 radical (unpaired) electrons. The van der Waals surface area contributed by atoms with E-state index in [1.54, 1.807) is 5.38 Å². The Morgan fingerprint density at radius 2 is 2.35 bits per heavy atom. The lowest BCUT2D eigenvalue weighted by molar-refractivity contribution is 0.0932. The lowest BCUT2D eigenvalue weighted by Gasteiger charge is -2.28. The number of amides is 1. The number of anilines is 1. The first-order valence-corrected chi connectivity index (χ1v) is 7.04. The molecule has 1 saturated carbocycles. The van der Waals surface area contributed by atoms with Crippen molar-refractivity contribution in [2.75, 3.05) is 12.3 Å². The number of rotatable bonds is 3. The maximum atomic E-state index is 11.8. The van der Waals surface area contributed by atoms with E-state index in [-0.39, 0.29) is 5.91 Å². The highest BCUT2D eigenvalue weighted by Crippen LogP contribution is 2.28. The number of thiazole rings is 1. The summed E-state index contributed by atoms with van der Waals surface area (Å²) >= 11 is 1.30. The van der Waals surface area contributed by atoms with E-state index in [0.29, 0.717) is 22.7 Å².